The molecule has 86 valence electrons. The van der Waals surface area contributed by atoms with Crippen LogP contribution in [0, 0.1) is 0 Å². The lowest BCUT2D eigenvalue weighted by Crippen LogP contribution is -2.06. The number of carbonyl (C=O) groups excluding carboxylic acids is 1. The summed E-state index contributed by atoms with van der Waals surface area (Å²) in [7, 11) is 2.97. The van der Waals surface area contributed by atoms with Gasteiger partial charge in [0.05, 0.1) is 14.2 Å². The highest BCUT2D eigenvalue weighted by molar-refractivity contribution is 5.81. The van der Waals surface area contributed by atoms with Crippen molar-refractivity contribution in [1.82, 2.24) is 5.32 Å². The highest BCUT2D eigenvalue weighted by Crippen LogP contribution is 2.11. The van der Waals surface area contributed by atoms with E-state index in [4.69, 9.17) is 4.74 Å². The molecule has 0 atom stereocenters. The lowest BCUT2D eigenvalue weighted by atomic mass is 10.2. The van der Waals surface area contributed by atoms with Crippen LogP contribution in [0.2, 0.25) is 0 Å². The molecule has 1 rings (SSSR count). The number of nitrogens with one attached hydrogen (secondary N) is 1. The van der Waals surface area contributed by atoms with Crippen molar-refractivity contribution in [3.63, 3.8) is 0 Å². The van der Waals surface area contributed by atoms with Crippen LogP contribution in [-0.2, 0) is 16.1 Å². The van der Waals surface area contributed by atoms with Gasteiger partial charge < -0.3 is 14.8 Å². The van der Waals surface area contributed by atoms with Crippen LogP contribution in [0.3, 0.4) is 0 Å². The topological polar surface area (TPSA) is 47.6 Å². The fourth-order valence-corrected chi connectivity index (χ4v) is 1.15. The van der Waals surface area contributed by atoms with E-state index in [9.17, 15) is 4.79 Å². The Morgan fingerprint density at radius 3 is 2.94 bits per heavy atom. The van der Waals surface area contributed by atoms with E-state index in [-0.39, 0.29) is 5.97 Å². The van der Waals surface area contributed by atoms with Crippen molar-refractivity contribution in [3.8, 4) is 5.75 Å². The third-order valence-electron chi connectivity index (χ3n) is 1.98. The number of carbonyl (C=O) groups is 1. The predicted octanol–water partition coefficient (Wildman–Crippen LogP) is 1.47. The summed E-state index contributed by atoms with van der Waals surface area (Å²) < 4.78 is 9.55. The molecule has 16 heavy (non-hydrogen) atoms. The van der Waals surface area contributed by atoms with E-state index in [1.807, 2.05) is 24.3 Å². The molecule has 0 aliphatic rings. The monoisotopic (exact) mass is 221 g/mol. The smallest absolute Gasteiger partial charge is 0.331 e. The largest absolute Gasteiger partial charge is 0.497 e. The highest BCUT2D eigenvalue weighted by Gasteiger charge is 1.94. The van der Waals surface area contributed by atoms with E-state index in [1.165, 1.54) is 13.2 Å². The molecule has 1 aromatic rings. The van der Waals surface area contributed by atoms with Crippen LogP contribution in [0.15, 0.2) is 36.5 Å². The zero-order valence-corrected chi connectivity index (χ0v) is 9.40. The van der Waals surface area contributed by atoms with Gasteiger partial charge in [0.25, 0.3) is 0 Å². The first kappa shape index (κ1) is 12.1. The SMILES string of the molecule is COC(=O)/C=C/NCc1cccc(OC)c1. The van der Waals surface area contributed by atoms with Gasteiger partial charge in [0.1, 0.15) is 5.75 Å². The maximum atomic E-state index is 10.8. The number of ether oxygens (including phenoxy) is 2. The first-order valence-corrected chi connectivity index (χ1v) is 4.87. The van der Waals surface area contributed by atoms with Crippen LogP contribution in [-0.4, -0.2) is 20.2 Å². The minimum absolute atomic E-state index is 0.377. The summed E-state index contributed by atoms with van der Waals surface area (Å²) in [4.78, 5) is 10.8. The molecule has 0 amide bonds. The summed E-state index contributed by atoms with van der Waals surface area (Å²) in [5.74, 6) is 0.439. The third-order valence-corrected chi connectivity index (χ3v) is 1.98. The van der Waals surface area contributed by atoms with Crippen molar-refractivity contribution >= 4 is 5.97 Å². The Bertz CT molecular complexity index is 374. The summed E-state index contributed by atoms with van der Waals surface area (Å²) in [5, 5.41) is 2.98. The maximum Gasteiger partial charge on any atom is 0.331 e. The van der Waals surface area contributed by atoms with Gasteiger partial charge in [-0.3, -0.25) is 0 Å². The fraction of sp³-hybridized carbons (Fsp3) is 0.250. The molecule has 0 saturated heterocycles. The van der Waals surface area contributed by atoms with E-state index in [1.54, 1.807) is 13.3 Å². The van der Waals surface area contributed by atoms with Crippen LogP contribution in [0.25, 0.3) is 0 Å². The van der Waals surface area contributed by atoms with Crippen LogP contribution in [0.4, 0.5) is 0 Å². The van der Waals surface area contributed by atoms with Gasteiger partial charge in [-0.1, -0.05) is 12.1 Å². The average Bonchev–Trinajstić information content (AvgIpc) is 2.34. The summed E-state index contributed by atoms with van der Waals surface area (Å²) in [6.45, 7) is 0.630. The molecule has 0 radical (unpaired) electrons. The zero-order chi connectivity index (χ0) is 11.8. The molecule has 1 aromatic carbocycles. The van der Waals surface area contributed by atoms with Gasteiger partial charge in [0.2, 0.25) is 0 Å². The molecule has 0 unspecified atom stereocenters. The lowest BCUT2D eigenvalue weighted by Gasteiger charge is -2.04. The van der Waals surface area contributed by atoms with Gasteiger partial charge in [-0.25, -0.2) is 4.79 Å². The summed E-state index contributed by atoms with van der Waals surface area (Å²) >= 11 is 0. The van der Waals surface area contributed by atoms with E-state index >= 15 is 0 Å². The van der Waals surface area contributed by atoms with E-state index in [0.717, 1.165) is 11.3 Å². The van der Waals surface area contributed by atoms with E-state index < -0.39 is 0 Å². The Morgan fingerprint density at radius 2 is 2.25 bits per heavy atom. The number of rotatable bonds is 5. The molecular formula is C12H15NO3. The quantitative estimate of drug-likeness (QED) is 0.604. The molecule has 0 spiro atoms. The molecule has 1 N–H and O–H groups in total. The van der Waals surface area contributed by atoms with Crippen molar-refractivity contribution in [2.45, 2.75) is 6.54 Å². The van der Waals surface area contributed by atoms with Gasteiger partial charge in [-0.05, 0) is 17.7 Å². The first-order valence-electron chi connectivity index (χ1n) is 4.87. The molecule has 0 aromatic heterocycles. The number of esters is 1. The highest BCUT2D eigenvalue weighted by atomic mass is 16.5. The molecular weight excluding hydrogens is 206 g/mol. The van der Waals surface area contributed by atoms with Crippen molar-refractivity contribution in [2.75, 3.05) is 14.2 Å². The normalized spacial score (nSPS) is 10.1. The molecule has 0 aliphatic heterocycles. The van der Waals surface area contributed by atoms with Crippen molar-refractivity contribution in [3.05, 3.63) is 42.1 Å². The van der Waals surface area contributed by atoms with Gasteiger partial charge in [-0.15, -0.1) is 0 Å². The Morgan fingerprint density at radius 1 is 1.44 bits per heavy atom. The number of methoxy groups -OCH3 is 2. The number of hydrogen-bond donors (Lipinski definition) is 1. The standard InChI is InChI=1S/C12H15NO3/c1-15-11-5-3-4-10(8-11)9-13-7-6-12(14)16-2/h3-8,13H,9H2,1-2H3/b7-6+. The van der Waals surface area contributed by atoms with E-state index in [2.05, 4.69) is 10.1 Å². The average molecular weight is 221 g/mol. The van der Waals surface area contributed by atoms with Gasteiger partial charge in [-0.2, -0.15) is 0 Å². The second-order valence-electron chi connectivity index (χ2n) is 3.09. The number of benzene rings is 1. The second kappa shape index (κ2) is 6.50. The molecule has 4 heteroatoms. The molecule has 0 saturated carbocycles. The summed E-state index contributed by atoms with van der Waals surface area (Å²) in [6.07, 6.45) is 2.89. The van der Waals surface area contributed by atoms with Crippen LogP contribution >= 0.6 is 0 Å². The molecule has 0 fully saturated rings. The maximum absolute atomic E-state index is 10.8. The summed E-state index contributed by atoms with van der Waals surface area (Å²) in [6, 6.07) is 7.70. The van der Waals surface area contributed by atoms with Gasteiger partial charge in [0.15, 0.2) is 0 Å². The van der Waals surface area contributed by atoms with Crippen LogP contribution < -0.4 is 10.1 Å². The summed E-state index contributed by atoms with van der Waals surface area (Å²) in [5.41, 5.74) is 1.08. The Hall–Kier alpha value is -1.97. The van der Waals surface area contributed by atoms with E-state index in [0.29, 0.717) is 6.54 Å². The third kappa shape index (κ3) is 4.04. The lowest BCUT2D eigenvalue weighted by molar-refractivity contribution is -0.134. The minimum Gasteiger partial charge on any atom is -0.497 e. The van der Waals surface area contributed by atoms with Gasteiger partial charge in [0, 0.05) is 18.8 Å². The van der Waals surface area contributed by atoms with Crippen molar-refractivity contribution in [1.29, 1.82) is 0 Å². The fourth-order valence-electron chi connectivity index (χ4n) is 1.15. The Balaban J connectivity index is 2.42. The Kier molecular flexibility index (Phi) is 4.92. The predicted molar refractivity (Wildman–Crippen MR) is 61.0 cm³/mol. The molecule has 4 nitrogen and oxygen atoms in total. The zero-order valence-electron chi connectivity index (χ0n) is 9.40. The number of hydrogen-bond acceptors (Lipinski definition) is 4. The Labute approximate surface area is 94.9 Å². The van der Waals surface area contributed by atoms with Crippen LogP contribution in [0.5, 0.6) is 5.75 Å². The van der Waals surface area contributed by atoms with Crippen molar-refractivity contribution in [2.24, 2.45) is 0 Å². The van der Waals surface area contributed by atoms with Gasteiger partial charge >= 0.3 is 5.97 Å². The molecule has 0 bridgehead atoms. The first-order chi connectivity index (χ1) is 7.76. The van der Waals surface area contributed by atoms with Crippen LogP contribution in [0.1, 0.15) is 5.56 Å². The molecule has 0 aliphatic carbocycles. The second-order valence-corrected chi connectivity index (χ2v) is 3.09. The molecule has 0 heterocycles. The minimum atomic E-state index is -0.377. The van der Waals surface area contributed by atoms with Crippen molar-refractivity contribution < 1.29 is 14.3 Å².